The van der Waals surface area contributed by atoms with Gasteiger partial charge < -0.3 is 0 Å². The number of rotatable bonds is 3. The summed E-state index contributed by atoms with van der Waals surface area (Å²) in [4.78, 5) is 9.11. The highest BCUT2D eigenvalue weighted by Gasteiger charge is 2.13. The Hall–Kier alpha value is -0.200. The SMILES string of the molecule is Cc1cc(-c2nc(Cl)c(I)c(CC(C)C)n2)ccc1Br. The van der Waals surface area contributed by atoms with E-state index in [1.807, 2.05) is 12.1 Å². The van der Waals surface area contributed by atoms with Crippen molar-refractivity contribution >= 4 is 50.1 Å². The number of aromatic nitrogens is 2. The average Bonchev–Trinajstić information content (AvgIpc) is 2.37. The molecule has 0 fully saturated rings. The molecule has 2 rings (SSSR count). The molecule has 0 spiro atoms. The third kappa shape index (κ3) is 3.71. The van der Waals surface area contributed by atoms with E-state index in [1.54, 1.807) is 0 Å². The van der Waals surface area contributed by atoms with E-state index in [-0.39, 0.29) is 0 Å². The van der Waals surface area contributed by atoms with Gasteiger partial charge in [-0.2, -0.15) is 0 Å². The Morgan fingerprint density at radius 2 is 2.00 bits per heavy atom. The number of halogens is 3. The molecule has 2 aromatic rings. The van der Waals surface area contributed by atoms with Gasteiger partial charge in [-0.1, -0.05) is 47.4 Å². The fourth-order valence-corrected chi connectivity index (χ4v) is 2.80. The lowest BCUT2D eigenvalue weighted by molar-refractivity contribution is 0.632. The summed E-state index contributed by atoms with van der Waals surface area (Å²) < 4.78 is 2.04. The van der Waals surface area contributed by atoms with Gasteiger partial charge in [0.15, 0.2) is 5.82 Å². The first kappa shape index (κ1) is 16.2. The predicted molar refractivity (Wildman–Crippen MR) is 96.2 cm³/mol. The van der Waals surface area contributed by atoms with Crippen LogP contribution in [0.15, 0.2) is 22.7 Å². The van der Waals surface area contributed by atoms with Crippen molar-refractivity contribution in [3.05, 3.63) is 42.7 Å². The first-order valence-corrected chi connectivity index (χ1v) is 8.62. The normalized spacial score (nSPS) is 11.2. The highest BCUT2D eigenvalue weighted by Crippen LogP contribution is 2.27. The van der Waals surface area contributed by atoms with E-state index in [4.69, 9.17) is 16.6 Å². The van der Waals surface area contributed by atoms with E-state index in [9.17, 15) is 0 Å². The van der Waals surface area contributed by atoms with Crippen LogP contribution in [0.2, 0.25) is 5.15 Å². The first-order chi connectivity index (χ1) is 9.38. The second-order valence-electron chi connectivity index (χ2n) is 5.16. The summed E-state index contributed by atoms with van der Waals surface area (Å²) in [6.07, 6.45) is 0.906. The Kier molecular flexibility index (Phi) is 5.42. The molecule has 0 atom stereocenters. The maximum atomic E-state index is 6.26. The zero-order valence-electron chi connectivity index (χ0n) is 11.5. The summed E-state index contributed by atoms with van der Waals surface area (Å²) in [7, 11) is 0. The Balaban J connectivity index is 2.51. The molecular formula is C15H15BrClIN2. The molecule has 1 aromatic carbocycles. The maximum Gasteiger partial charge on any atom is 0.161 e. The highest BCUT2D eigenvalue weighted by atomic mass is 127. The molecule has 2 nitrogen and oxygen atoms in total. The van der Waals surface area contributed by atoms with Crippen molar-refractivity contribution in [3.63, 3.8) is 0 Å². The zero-order chi connectivity index (χ0) is 14.9. The van der Waals surface area contributed by atoms with Crippen LogP contribution < -0.4 is 0 Å². The van der Waals surface area contributed by atoms with Gasteiger partial charge in [-0.3, -0.25) is 0 Å². The van der Waals surface area contributed by atoms with Crippen molar-refractivity contribution in [1.82, 2.24) is 9.97 Å². The predicted octanol–water partition coefficient (Wildman–Crippen LogP) is 5.67. The molecule has 106 valence electrons. The summed E-state index contributed by atoms with van der Waals surface area (Å²) >= 11 is 12.0. The number of hydrogen-bond donors (Lipinski definition) is 0. The van der Waals surface area contributed by atoms with Crippen LogP contribution in [0, 0.1) is 16.4 Å². The van der Waals surface area contributed by atoms with Crippen molar-refractivity contribution in [3.8, 4) is 11.4 Å². The fourth-order valence-electron chi connectivity index (χ4n) is 1.90. The van der Waals surface area contributed by atoms with E-state index in [1.165, 1.54) is 0 Å². The highest BCUT2D eigenvalue weighted by molar-refractivity contribution is 14.1. The number of aryl methyl sites for hydroxylation is 1. The molecular weight excluding hydrogens is 450 g/mol. The minimum absolute atomic E-state index is 0.534. The molecule has 0 aliphatic carbocycles. The summed E-state index contributed by atoms with van der Waals surface area (Å²) in [5, 5.41) is 0.534. The molecule has 0 unspecified atom stereocenters. The topological polar surface area (TPSA) is 25.8 Å². The summed E-state index contributed by atoms with van der Waals surface area (Å²) in [6.45, 7) is 6.40. The van der Waals surface area contributed by atoms with Gasteiger partial charge in [0.2, 0.25) is 0 Å². The number of nitrogens with zero attached hydrogens (tertiary/aromatic N) is 2. The van der Waals surface area contributed by atoms with Gasteiger partial charge in [-0.05, 0) is 59.5 Å². The molecule has 0 saturated carbocycles. The molecule has 0 amide bonds. The molecule has 0 aliphatic heterocycles. The molecule has 1 heterocycles. The number of hydrogen-bond acceptors (Lipinski definition) is 2. The molecule has 0 N–H and O–H groups in total. The molecule has 20 heavy (non-hydrogen) atoms. The van der Waals surface area contributed by atoms with Crippen molar-refractivity contribution in [1.29, 1.82) is 0 Å². The molecule has 0 aliphatic rings. The van der Waals surface area contributed by atoms with Crippen molar-refractivity contribution < 1.29 is 0 Å². The molecule has 0 bridgehead atoms. The van der Waals surface area contributed by atoms with Crippen molar-refractivity contribution in [2.75, 3.05) is 0 Å². The monoisotopic (exact) mass is 464 g/mol. The van der Waals surface area contributed by atoms with Gasteiger partial charge in [0, 0.05) is 10.0 Å². The smallest absolute Gasteiger partial charge is 0.161 e. The Morgan fingerprint density at radius 1 is 1.30 bits per heavy atom. The number of benzene rings is 1. The van der Waals surface area contributed by atoms with Gasteiger partial charge in [-0.25, -0.2) is 9.97 Å². The van der Waals surface area contributed by atoms with Crippen molar-refractivity contribution in [2.45, 2.75) is 27.2 Å². The minimum Gasteiger partial charge on any atom is -0.232 e. The summed E-state index contributed by atoms with van der Waals surface area (Å²) in [6, 6.07) is 6.10. The molecule has 0 radical (unpaired) electrons. The Bertz CT molecular complexity index is 644. The molecule has 0 saturated heterocycles. The third-order valence-electron chi connectivity index (χ3n) is 2.90. The van der Waals surface area contributed by atoms with E-state index < -0.39 is 0 Å². The van der Waals surface area contributed by atoms with E-state index >= 15 is 0 Å². The fraction of sp³-hybridized carbons (Fsp3) is 0.333. The third-order valence-corrected chi connectivity index (χ3v) is 5.51. The lowest BCUT2D eigenvalue weighted by atomic mass is 10.1. The first-order valence-electron chi connectivity index (χ1n) is 6.37. The Labute approximate surface area is 146 Å². The van der Waals surface area contributed by atoms with Gasteiger partial charge in [0.25, 0.3) is 0 Å². The minimum atomic E-state index is 0.534. The second kappa shape index (κ2) is 6.71. The molecule has 1 aromatic heterocycles. The van der Waals surface area contributed by atoms with E-state index in [0.29, 0.717) is 16.9 Å². The zero-order valence-corrected chi connectivity index (χ0v) is 16.0. The van der Waals surface area contributed by atoms with Gasteiger partial charge >= 0.3 is 0 Å². The maximum absolute atomic E-state index is 6.26. The standard InChI is InChI=1S/C15H15BrClIN2/c1-8(2)6-12-13(18)14(17)20-15(19-12)10-4-5-11(16)9(3)7-10/h4-5,7-8H,6H2,1-3H3. The second-order valence-corrected chi connectivity index (χ2v) is 7.45. The van der Waals surface area contributed by atoms with Crippen LogP contribution in [-0.2, 0) is 6.42 Å². The van der Waals surface area contributed by atoms with Gasteiger partial charge in [0.05, 0.1) is 9.26 Å². The van der Waals surface area contributed by atoms with Gasteiger partial charge in [-0.15, -0.1) is 0 Å². The molecule has 5 heteroatoms. The van der Waals surface area contributed by atoms with Crippen LogP contribution in [0.4, 0.5) is 0 Å². The summed E-state index contributed by atoms with van der Waals surface area (Å²) in [5.74, 6) is 1.23. The van der Waals surface area contributed by atoms with E-state index in [0.717, 1.165) is 31.3 Å². The van der Waals surface area contributed by atoms with Crippen molar-refractivity contribution in [2.24, 2.45) is 5.92 Å². The largest absolute Gasteiger partial charge is 0.232 e. The van der Waals surface area contributed by atoms with Crippen LogP contribution in [0.3, 0.4) is 0 Å². The van der Waals surface area contributed by atoms with Crippen LogP contribution in [-0.4, -0.2) is 9.97 Å². The summed E-state index contributed by atoms with van der Waals surface area (Å²) in [5.41, 5.74) is 3.18. The van der Waals surface area contributed by atoms with Crippen LogP contribution in [0.25, 0.3) is 11.4 Å². The van der Waals surface area contributed by atoms with E-state index in [2.05, 4.69) is 70.3 Å². The van der Waals surface area contributed by atoms with Crippen LogP contribution in [0.5, 0.6) is 0 Å². The Morgan fingerprint density at radius 3 is 2.60 bits per heavy atom. The van der Waals surface area contributed by atoms with Gasteiger partial charge in [0.1, 0.15) is 5.15 Å². The quantitative estimate of drug-likeness (QED) is 0.431. The lowest BCUT2D eigenvalue weighted by Gasteiger charge is -2.11. The average molecular weight is 466 g/mol. The van der Waals surface area contributed by atoms with Crippen LogP contribution in [0.1, 0.15) is 25.1 Å². The lowest BCUT2D eigenvalue weighted by Crippen LogP contribution is -2.04. The van der Waals surface area contributed by atoms with Crippen LogP contribution >= 0.6 is 50.1 Å².